The van der Waals surface area contributed by atoms with Crippen LogP contribution in [0.2, 0.25) is 0 Å². The molecule has 4 rings (SSSR count). The molecule has 2 amide bonds. The molecule has 0 unspecified atom stereocenters. The second kappa shape index (κ2) is 10.2. The van der Waals surface area contributed by atoms with Gasteiger partial charge in [-0.3, -0.25) is 9.59 Å². The summed E-state index contributed by atoms with van der Waals surface area (Å²) in [4.78, 5) is 30.1. The molecule has 166 valence electrons. The molecule has 6 heteroatoms. The van der Waals surface area contributed by atoms with Crippen molar-refractivity contribution in [3.05, 3.63) is 123 Å². The van der Waals surface area contributed by atoms with E-state index in [1.54, 1.807) is 12.1 Å². The molecule has 0 saturated carbocycles. The first-order valence-corrected chi connectivity index (χ1v) is 11.6. The van der Waals surface area contributed by atoms with Gasteiger partial charge in [0.05, 0.1) is 6.04 Å². The number of aryl methyl sites for hydroxylation is 1. The standard InChI is InChI=1S/C27H25N3O2S/c1-19-8-12-23(13-9-19)26(32)29-27-30(16-17-33-27)18-21-10-14-24(15-11-21)25(31)28-20(2)22-6-4-3-5-7-22/h3-17,20H,18H2,1-2H3,(H,28,31)/t20-/m0/s1. The third-order valence-electron chi connectivity index (χ3n) is 5.37. The number of carbonyl (C=O) groups is 2. The molecule has 5 nitrogen and oxygen atoms in total. The first-order chi connectivity index (χ1) is 16.0. The molecule has 33 heavy (non-hydrogen) atoms. The second-order valence-electron chi connectivity index (χ2n) is 7.90. The van der Waals surface area contributed by atoms with E-state index in [1.165, 1.54) is 11.3 Å². The van der Waals surface area contributed by atoms with Gasteiger partial charge in [0.1, 0.15) is 0 Å². The number of carbonyl (C=O) groups excluding carboxylic acids is 2. The number of aromatic nitrogens is 1. The van der Waals surface area contributed by atoms with E-state index >= 15 is 0 Å². The fourth-order valence-corrected chi connectivity index (χ4v) is 4.14. The van der Waals surface area contributed by atoms with E-state index < -0.39 is 0 Å². The van der Waals surface area contributed by atoms with E-state index in [4.69, 9.17) is 0 Å². The van der Waals surface area contributed by atoms with Crippen LogP contribution in [0.1, 0.15) is 50.4 Å². The molecule has 0 saturated heterocycles. The highest BCUT2D eigenvalue weighted by Crippen LogP contribution is 2.13. The summed E-state index contributed by atoms with van der Waals surface area (Å²) in [6.45, 7) is 4.51. The molecule has 0 bridgehead atoms. The minimum atomic E-state index is -0.259. The number of amides is 2. The van der Waals surface area contributed by atoms with Crippen LogP contribution in [0.25, 0.3) is 0 Å². The molecule has 1 heterocycles. The zero-order chi connectivity index (χ0) is 23.2. The molecule has 0 aliphatic rings. The number of nitrogens with one attached hydrogen (secondary N) is 1. The highest BCUT2D eigenvalue weighted by Gasteiger charge is 2.11. The highest BCUT2D eigenvalue weighted by atomic mass is 32.1. The lowest BCUT2D eigenvalue weighted by Crippen LogP contribution is -2.26. The Balaban J connectivity index is 1.44. The minimum Gasteiger partial charge on any atom is -0.346 e. The molecule has 3 aromatic carbocycles. The molecule has 1 aromatic heterocycles. The Morgan fingerprint density at radius 2 is 1.61 bits per heavy atom. The van der Waals surface area contributed by atoms with Gasteiger partial charge in [0.25, 0.3) is 11.8 Å². The maximum Gasteiger partial charge on any atom is 0.279 e. The summed E-state index contributed by atoms with van der Waals surface area (Å²) in [5, 5.41) is 4.94. The summed E-state index contributed by atoms with van der Waals surface area (Å²) in [5.41, 5.74) is 4.36. The molecule has 0 spiro atoms. The van der Waals surface area contributed by atoms with E-state index in [0.717, 1.165) is 16.7 Å². The predicted molar refractivity (Wildman–Crippen MR) is 131 cm³/mol. The number of hydrogen-bond donors (Lipinski definition) is 1. The van der Waals surface area contributed by atoms with E-state index in [1.807, 2.05) is 96.7 Å². The SMILES string of the molecule is Cc1ccc(C(=O)N=c2sccn2Cc2ccc(C(=O)N[C@@H](C)c3ccccc3)cc2)cc1. The number of benzene rings is 3. The van der Waals surface area contributed by atoms with Gasteiger partial charge in [-0.2, -0.15) is 4.99 Å². The first-order valence-electron chi connectivity index (χ1n) is 10.7. The quantitative estimate of drug-likeness (QED) is 0.438. The van der Waals surface area contributed by atoms with Gasteiger partial charge in [-0.25, -0.2) is 0 Å². The number of nitrogens with zero attached hydrogens (tertiary/aromatic N) is 2. The fraction of sp³-hybridized carbons (Fsp3) is 0.148. The van der Waals surface area contributed by atoms with Crippen molar-refractivity contribution in [2.24, 2.45) is 4.99 Å². The lowest BCUT2D eigenvalue weighted by atomic mass is 10.1. The van der Waals surface area contributed by atoms with Crippen molar-refractivity contribution in [3.63, 3.8) is 0 Å². The summed E-state index contributed by atoms with van der Waals surface area (Å²) in [5.74, 6) is -0.369. The third-order valence-corrected chi connectivity index (χ3v) is 6.17. The molecule has 0 aliphatic heterocycles. The van der Waals surface area contributed by atoms with Gasteiger partial charge in [0.15, 0.2) is 4.80 Å². The number of rotatable bonds is 6. The predicted octanol–water partition coefficient (Wildman–Crippen LogP) is 5.14. The number of hydrogen-bond acceptors (Lipinski definition) is 3. The van der Waals surface area contributed by atoms with Gasteiger partial charge < -0.3 is 9.88 Å². The summed E-state index contributed by atoms with van der Waals surface area (Å²) in [6, 6.07) is 24.7. The Morgan fingerprint density at radius 3 is 2.30 bits per heavy atom. The van der Waals surface area contributed by atoms with E-state index in [9.17, 15) is 9.59 Å². The molecule has 1 N–H and O–H groups in total. The molecular weight excluding hydrogens is 430 g/mol. The Kier molecular flexibility index (Phi) is 6.95. The van der Waals surface area contributed by atoms with Crippen LogP contribution in [-0.4, -0.2) is 16.4 Å². The average Bonchev–Trinajstić information content (AvgIpc) is 3.26. The van der Waals surface area contributed by atoms with Crippen molar-refractivity contribution in [1.82, 2.24) is 9.88 Å². The molecule has 0 aliphatic carbocycles. The van der Waals surface area contributed by atoms with Crippen LogP contribution in [0.15, 0.2) is 95.4 Å². The average molecular weight is 456 g/mol. The second-order valence-corrected chi connectivity index (χ2v) is 8.77. The van der Waals surface area contributed by atoms with Crippen LogP contribution in [0, 0.1) is 6.92 Å². The van der Waals surface area contributed by atoms with Crippen molar-refractivity contribution in [3.8, 4) is 0 Å². The van der Waals surface area contributed by atoms with Crippen molar-refractivity contribution >= 4 is 23.2 Å². The van der Waals surface area contributed by atoms with Crippen molar-refractivity contribution in [1.29, 1.82) is 0 Å². The van der Waals surface area contributed by atoms with Crippen LogP contribution in [0.4, 0.5) is 0 Å². The Hall–Kier alpha value is -3.77. The largest absolute Gasteiger partial charge is 0.346 e. The van der Waals surface area contributed by atoms with Crippen molar-refractivity contribution in [2.75, 3.05) is 0 Å². The smallest absolute Gasteiger partial charge is 0.279 e. The first kappa shape index (κ1) is 22.4. The Bertz CT molecular complexity index is 1300. The van der Waals surface area contributed by atoms with Crippen LogP contribution >= 0.6 is 11.3 Å². The van der Waals surface area contributed by atoms with Gasteiger partial charge in [0, 0.05) is 29.2 Å². The van der Waals surface area contributed by atoms with Crippen molar-refractivity contribution in [2.45, 2.75) is 26.4 Å². The lowest BCUT2D eigenvalue weighted by Gasteiger charge is -2.14. The fourth-order valence-electron chi connectivity index (χ4n) is 3.42. The van der Waals surface area contributed by atoms with Crippen LogP contribution in [0.3, 0.4) is 0 Å². The van der Waals surface area contributed by atoms with Crippen LogP contribution in [0.5, 0.6) is 0 Å². The summed E-state index contributed by atoms with van der Waals surface area (Å²) >= 11 is 1.42. The summed E-state index contributed by atoms with van der Waals surface area (Å²) in [7, 11) is 0. The number of thiazole rings is 1. The summed E-state index contributed by atoms with van der Waals surface area (Å²) in [6.07, 6.45) is 1.91. The topological polar surface area (TPSA) is 63.5 Å². The minimum absolute atomic E-state index is 0.0741. The van der Waals surface area contributed by atoms with Crippen molar-refractivity contribution < 1.29 is 9.59 Å². The molecule has 1 atom stereocenters. The molecule has 4 aromatic rings. The van der Waals surface area contributed by atoms with E-state index in [2.05, 4.69) is 10.3 Å². The normalized spacial score (nSPS) is 12.4. The van der Waals surface area contributed by atoms with Gasteiger partial charge in [-0.05, 0) is 49.2 Å². The van der Waals surface area contributed by atoms with Gasteiger partial charge in [-0.1, -0.05) is 60.2 Å². The van der Waals surface area contributed by atoms with E-state index in [0.29, 0.717) is 22.5 Å². The molecular formula is C27H25N3O2S. The lowest BCUT2D eigenvalue weighted by molar-refractivity contribution is 0.0938. The summed E-state index contributed by atoms with van der Waals surface area (Å²) < 4.78 is 1.93. The molecule has 0 radical (unpaired) electrons. The third kappa shape index (κ3) is 5.73. The maximum absolute atomic E-state index is 12.6. The van der Waals surface area contributed by atoms with Gasteiger partial charge >= 0.3 is 0 Å². The Morgan fingerprint density at radius 1 is 0.939 bits per heavy atom. The van der Waals surface area contributed by atoms with Gasteiger partial charge in [-0.15, -0.1) is 11.3 Å². The van der Waals surface area contributed by atoms with Crippen LogP contribution in [-0.2, 0) is 6.54 Å². The zero-order valence-corrected chi connectivity index (χ0v) is 19.4. The van der Waals surface area contributed by atoms with E-state index in [-0.39, 0.29) is 17.9 Å². The van der Waals surface area contributed by atoms with Gasteiger partial charge in [0.2, 0.25) is 0 Å². The maximum atomic E-state index is 12.6. The van der Waals surface area contributed by atoms with Crippen LogP contribution < -0.4 is 10.1 Å². The highest BCUT2D eigenvalue weighted by molar-refractivity contribution is 7.07. The molecule has 0 fully saturated rings. The zero-order valence-electron chi connectivity index (χ0n) is 18.6. The Labute approximate surface area is 197 Å². The monoisotopic (exact) mass is 455 g/mol.